The molecule has 0 heterocycles. The van der Waals surface area contributed by atoms with Gasteiger partial charge in [0.1, 0.15) is 0 Å². The summed E-state index contributed by atoms with van der Waals surface area (Å²) in [6.07, 6.45) is 3.65. The van der Waals surface area contributed by atoms with Gasteiger partial charge in [0.2, 0.25) is 0 Å². The summed E-state index contributed by atoms with van der Waals surface area (Å²) in [7, 11) is 11.6. The molecule has 0 saturated heterocycles. The number of hydrogen-bond donors (Lipinski definition) is 0. The lowest BCUT2D eigenvalue weighted by Crippen LogP contribution is -2.36. The minimum absolute atomic E-state index is 0.115. The lowest BCUT2D eigenvalue weighted by Gasteiger charge is -2.44. The van der Waals surface area contributed by atoms with E-state index in [2.05, 4.69) is 48.5 Å². The fraction of sp³-hybridized carbons (Fsp3) is 1.00. The normalized spacial score (nSPS) is 15.5. The van der Waals surface area contributed by atoms with Gasteiger partial charge in [0, 0.05) is 6.61 Å². The highest BCUT2D eigenvalue weighted by atomic mass is 16.5. The van der Waals surface area contributed by atoms with Crippen LogP contribution in [-0.2, 0) is 4.74 Å². The topological polar surface area (TPSA) is 9.23 Å². The van der Waals surface area contributed by atoms with Gasteiger partial charge in [-0.1, -0.05) is 53.2 Å². The second kappa shape index (κ2) is 7.20. The van der Waals surface area contributed by atoms with Crippen molar-refractivity contribution < 1.29 is 4.74 Å². The van der Waals surface area contributed by atoms with Gasteiger partial charge in [0.25, 0.3) is 0 Å². The second-order valence-electron chi connectivity index (χ2n) is 7.85. The van der Waals surface area contributed by atoms with Crippen LogP contribution in [0.15, 0.2) is 0 Å². The van der Waals surface area contributed by atoms with Crippen molar-refractivity contribution in [2.45, 2.75) is 85.5 Å². The molecule has 0 spiro atoms. The summed E-state index contributed by atoms with van der Waals surface area (Å²) in [5.41, 5.74) is 0.304. The van der Waals surface area contributed by atoms with Crippen LogP contribution in [0.2, 0.25) is 12.1 Å². The van der Waals surface area contributed by atoms with Crippen LogP contribution < -0.4 is 0 Å². The third-order valence-electron chi connectivity index (χ3n) is 4.63. The Morgan fingerprint density at radius 1 is 0.947 bits per heavy atom. The van der Waals surface area contributed by atoms with Gasteiger partial charge in [-0.15, -0.1) is 0 Å². The van der Waals surface area contributed by atoms with Crippen LogP contribution in [0.25, 0.3) is 0 Å². The van der Waals surface area contributed by atoms with Gasteiger partial charge in [-0.2, -0.15) is 0 Å². The van der Waals surface area contributed by atoms with Gasteiger partial charge in [0.05, 0.1) is 21.3 Å². The van der Waals surface area contributed by atoms with Crippen molar-refractivity contribution in [2.75, 3.05) is 6.61 Å². The summed E-state index contributed by atoms with van der Waals surface area (Å²) in [5, 5.41) is 0. The van der Waals surface area contributed by atoms with Crippen LogP contribution >= 0.6 is 0 Å². The van der Waals surface area contributed by atoms with Gasteiger partial charge in [-0.25, -0.2) is 0 Å². The molecule has 3 heteroatoms. The molecular formula is C16H32B2O. The molecule has 0 aliphatic rings. The maximum absolute atomic E-state index is 5.99. The van der Waals surface area contributed by atoms with E-state index in [4.69, 9.17) is 20.4 Å². The molecule has 1 nitrogen and oxygen atoms in total. The first-order chi connectivity index (χ1) is 8.43. The molecule has 0 aromatic rings. The summed E-state index contributed by atoms with van der Waals surface area (Å²) in [4.78, 5) is 0. The zero-order valence-corrected chi connectivity index (χ0v) is 14.2. The van der Waals surface area contributed by atoms with Crippen molar-refractivity contribution in [3.05, 3.63) is 0 Å². The average Bonchev–Trinajstić information content (AvgIpc) is 2.13. The van der Waals surface area contributed by atoms with Crippen molar-refractivity contribution in [3.63, 3.8) is 0 Å². The molecule has 0 fully saturated rings. The SMILES string of the molecule is [B]CCC(C)(C)OCCC(C)(C)C(C)(C)CC([B])C. The fourth-order valence-corrected chi connectivity index (χ4v) is 2.42. The minimum atomic E-state index is -0.115. The lowest BCUT2D eigenvalue weighted by molar-refractivity contribution is -0.0457. The molecule has 0 rings (SSSR count). The van der Waals surface area contributed by atoms with Crippen molar-refractivity contribution in [1.82, 2.24) is 0 Å². The van der Waals surface area contributed by atoms with Crippen LogP contribution in [0.4, 0.5) is 0 Å². The Morgan fingerprint density at radius 3 is 1.89 bits per heavy atom. The van der Waals surface area contributed by atoms with Crippen LogP contribution in [0.1, 0.15) is 67.7 Å². The second-order valence-corrected chi connectivity index (χ2v) is 7.85. The molecular weight excluding hydrogens is 230 g/mol. The molecule has 0 aromatic carbocycles. The van der Waals surface area contributed by atoms with E-state index in [1.807, 2.05) is 0 Å². The quantitative estimate of drug-likeness (QED) is 0.553. The van der Waals surface area contributed by atoms with E-state index in [1.54, 1.807) is 0 Å². The highest BCUT2D eigenvalue weighted by Gasteiger charge is 2.37. The highest BCUT2D eigenvalue weighted by Crippen LogP contribution is 2.46. The Morgan fingerprint density at radius 2 is 1.47 bits per heavy atom. The van der Waals surface area contributed by atoms with Gasteiger partial charge < -0.3 is 4.74 Å². The van der Waals surface area contributed by atoms with Crippen LogP contribution in [0.5, 0.6) is 0 Å². The molecule has 0 aliphatic heterocycles. The van der Waals surface area contributed by atoms with Gasteiger partial charge in [-0.05, 0) is 37.5 Å². The number of ether oxygens (including phenoxy) is 1. The highest BCUT2D eigenvalue weighted by molar-refractivity contribution is 6.11. The van der Waals surface area contributed by atoms with E-state index in [9.17, 15) is 0 Å². The molecule has 0 aliphatic carbocycles. The van der Waals surface area contributed by atoms with E-state index in [1.165, 1.54) is 0 Å². The van der Waals surface area contributed by atoms with Crippen molar-refractivity contribution in [3.8, 4) is 0 Å². The smallest absolute Gasteiger partial charge is 0.0696 e. The molecule has 0 saturated carbocycles. The molecule has 108 valence electrons. The number of hydrogen-bond acceptors (Lipinski definition) is 1. The van der Waals surface area contributed by atoms with Crippen LogP contribution in [-0.4, -0.2) is 27.9 Å². The van der Waals surface area contributed by atoms with Gasteiger partial charge >= 0.3 is 0 Å². The predicted molar refractivity (Wildman–Crippen MR) is 87.2 cm³/mol. The Balaban J connectivity index is 4.37. The molecule has 0 aromatic heterocycles. The lowest BCUT2D eigenvalue weighted by atomic mass is 9.60. The third kappa shape index (κ3) is 6.88. The van der Waals surface area contributed by atoms with Crippen LogP contribution in [0.3, 0.4) is 0 Å². The summed E-state index contributed by atoms with van der Waals surface area (Å²) < 4.78 is 5.99. The summed E-state index contributed by atoms with van der Waals surface area (Å²) in [6, 6.07) is 0. The first-order valence-corrected chi connectivity index (χ1v) is 7.53. The van der Waals surface area contributed by atoms with E-state index in [0.29, 0.717) is 6.32 Å². The predicted octanol–water partition coefficient (Wildman–Crippen LogP) is 4.57. The molecule has 19 heavy (non-hydrogen) atoms. The van der Waals surface area contributed by atoms with E-state index in [-0.39, 0.29) is 22.2 Å². The number of rotatable bonds is 9. The third-order valence-corrected chi connectivity index (χ3v) is 4.63. The first kappa shape index (κ1) is 19.1. The van der Waals surface area contributed by atoms with Crippen molar-refractivity contribution in [2.24, 2.45) is 10.8 Å². The molecule has 1 atom stereocenters. The van der Waals surface area contributed by atoms with Crippen molar-refractivity contribution in [1.29, 1.82) is 0 Å². The summed E-state index contributed by atoms with van der Waals surface area (Å²) >= 11 is 0. The van der Waals surface area contributed by atoms with Gasteiger partial charge in [0.15, 0.2) is 0 Å². The molecule has 4 radical (unpaired) electrons. The average molecular weight is 262 g/mol. The molecule has 0 bridgehead atoms. The zero-order valence-electron chi connectivity index (χ0n) is 14.2. The summed E-state index contributed by atoms with van der Waals surface area (Å²) in [5.74, 6) is 0.240. The van der Waals surface area contributed by atoms with Crippen LogP contribution in [0, 0.1) is 10.8 Å². The maximum atomic E-state index is 5.99. The Hall–Kier alpha value is 0.0899. The van der Waals surface area contributed by atoms with E-state index < -0.39 is 0 Å². The Labute approximate surface area is 124 Å². The standard InChI is InChI=1S/C16H32B2O/c1-13(18)12-15(4,5)14(2,3)9-11-19-16(6,7)8-10-17/h13H,8-12H2,1-7H3. The zero-order chi connectivity index (χ0) is 15.3. The monoisotopic (exact) mass is 262 g/mol. The largest absolute Gasteiger partial charge is 0.376 e. The molecule has 1 unspecified atom stereocenters. The molecule has 0 N–H and O–H groups in total. The fourth-order valence-electron chi connectivity index (χ4n) is 2.42. The van der Waals surface area contributed by atoms with E-state index >= 15 is 0 Å². The Kier molecular flexibility index (Phi) is 7.23. The maximum Gasteiger partial charge on any atom is 0.0696 e. The van der Waals surface area contributed by atoms with Crippen molar-refractivity contribution >= 4 is 15.7 Å². The first-order valence-electron chi connectivity index (χ1n) is 7.53. The molecule has 0 amide bonds. The minimum Gasteiger partial charge on any atom is -0.376 e. The van der Waals surface area contributed by atoms with E-state index in [0.717, 1.165) is 25.9 Å². The Bertz CT molecular complexity index is 257. The summed E-state index contributed by atoms with van der Waals surface area (Å²) in [6.45, 7) is 16.3. The van der Waals surface area contributed by atoms with Gasteiger partial charge in [-0.3, -0.25) is 0 Å².